The summed E-state index contributed by atoms with van der Waals surface area (Å²) >= 11 is 8.29. The molecule has 0 radical (unpaired) electrons. The van der Waals surface area contributed by atoms with Gasteiger partial charge in [-0.25, -0.2) is 4.39 Å². The van der Waals surface area contributed by atoms with Gasteiger partial charge in [-0.15, -0.1) is 0 Å². The molecule has 2 rings (SSSR count). The molecule has 2 aromatic carbocycles. The molecule has 6 heteroatoms. The van der Waals surface area contributed by atoms with Gasteiger partial charge in [-0.3, -0.25) is 4.79 Å². The van der Waals surface area contributed by atoms with Crippen LogP contribution in [0.15, 0.2) is 40.9 Å². The summed E-state index contributed by atoms with van der Waals surface area (Å²) < 4.78 is 14.1. The molecule has 0 saturated carbocycles. The van der Waals surface area contributed by atoms with E-state index in [1.54, 1.807) is 31.2 Å². The second-order valence-electron chi connectivity index (χ2n) is 4.47. The zero-order chi connectivity index (χ0) is 15.6. The molecule has 2 aromatic rings. The fraction of sp³-hybridized carbons (Fsp3) is 0.0667. The zero-order valence-electron chi connectivity index (χ0n) is 11.1. The van der Waals surface area contributed by atoms with Gasteiger partial charge in [-0.2, -0.15) is 0 Å². The van der Waals surface area contributed by atoms with Crippen molar-refractivity contribution in [2.75, 3.05) is 5.32 Å². The van der Waals surface area contributed by atoms with Crippen molar-refractivity contribution < 1.29 is 9.18 Å². The Bertz CT molecular complexity index is 734. The van der Waals surface area contributed by atoms with Crippen LogP contribution in [0.2, 0.25) is 0 Å². The van der Waals surface area contributed by atoms with E-state index in [1.807, 2.05) is 0 Å². The molecule has 1 amide bonds. The van der Waals surface area contributed by atoms with Crippen molar-refractivity contribution in [3.05, 3.63) is 63.4 Å². The molecule has 3 nitrogen and oxygen atoms in total. The highest BCUT2D eigenvalue weighted by molar-refractivity contribution is 9.10. The number of carbonyl (C=O) groups excluding carboxylic acids is 1. The number of benzene rings is 2. The molecule has 0 fully saturated rings. The van der Waals surface area contributed by atoms with Crippen LogP contribution in [-0.4, -0.2) is 10.9 Å². The Balaban J connectivity index is 2.36. The van der Waals surface area contributed by atoms with Crippen molar-refractivity contribution in [3.8, 4) is 0 Å². The first-order chi connectivity index (χ1) is 9.88. The maximum absolute atomic E-state index is 13.3. The van der Waals surface area contributed by atoms with Crippen molar-refractivity contribution in [1.29, 1.82) is 0 Å². The molecule has 0 aliphatic heterocycles. The van der Waals surface area contributed by atoms with Gasteiger partial charge >= 0.3 is 0 Å². The number of nitrogens with one attached hydrogen (secondary N) is 1. The number of nitrogens with two attached hydrogens (primary N) is 1. The highest BCUT2D eigenvalue weighted by atomic mass is 79.9. The summed E-state index contributed by atoms with van der Waals surface area (Å²) in [5.74, 6) is -0.872. The minimum atomic E-state index is -0.462. The first-order valence-corrected chi connectivity index (χ1v) is 7.25. The summed E-state index contributed by atoms with van der Waals surface area (Å²) in [5.41, 5.74) is 7.63. The van der Waals surface area contributed by atoms with Crippen LogP contribution in [0, 0.1) is 12.7 Å². The van der Waals surface area contributed by atoms with Crippen molar-refractivity contribution >= 4 is 44.7 Å². The second-order valence-corrected chi connectivity index (χ2v) is 5.82. The van der Waals surface area contributed by atoms with Gasteiger partial charge in [0.25, 0.3) is 5.91 Å². The van der Waals surface area contributed by atoms with Gasteiger partial charge in [-0.1, -0.05) is 34.2 Å². The fourth-order valence-electron chi connectivity index (χ4n) is 1.86. The molecule has 0 unspecified atom stereocenters. The quantitative estimate of drug-likeness (QED) is 0.812. The van der Waals surface area contributed by atoms with Crippen LogP contribution in [0.4, 0.5) is 10.1 Å². The number of anilines is 1. The van der Waals surface area contributed by atoms with Crippen LogP contribution in [-0.2, 0) is 0 Å². The molecule has 0 aromatic heterocycles. The maximum Gasteiger partial charge on any atom is 0.256 e. The third-order valence-electron chi connectivity index (χ3n) is 2.94. The van der Waals surface area contributed by atoms with Crippen LogP contribution >= 0.6 is 28.1 Å². The zero-order valence-corrected chi connectivity index (χ0v) is 13.5. The molecule has 3 N–H and O–H groups in total. The van der Waals surface area contributed by atoms with E-state index in [9.17, 15) is 9.18 Å². The summed E-state index contributed by atoms with van der Waals surface area (Å²) in [6.45, 7) is 1.74. The number of aryl methyl sites for hydroxylation is 1. The van der Waals surface area contributed by atoms with Gasteiger partial charge in [0.05, 0.1) is 5.69 Å². The number of carbonyl (C=O) groups is 1. The summed E-state index contributed by atoms with van der Waals surface area (Å²) in [6, 6.07) is 9.23. The smallest absolute Gasteiger partial charge is 0.256 e. The first-order valence-electron chi connectivity index (χ1n) is 6.05. The number of amides is 1. The lowest BCUT2D eigenvalue weighted by atomic mass is 10.1. The van der Waals surface area contributed by atoms with E-state index < -0.39 is 11.7 Å². The van der Waals surface area contributed by atoms with Crippen molar-refractivity contribution in [2.24, 2.45) is 5.73 Å². The summed E-state index contributed by atoms with van der Waals surface area (Å²) in [6.07, 6.45) is 0. The Morgan fingerprint density at radius 1 is 1.24 bits per heavy atom. The van der Waals surface area contributed by atoms with E-state index >= 15 is 0 Å². The molecule has 0 atom stereocenters. The largest absolute Gasteiger partial charge is 0.389 e. The Morgan fingerprint density at radius 3 is 2.62 bits per heavy atom. The van der Waals surface area contributed by atoms with E-state index in [2.05, 4.69) is 21.2 Å². The van der Waals surface area contributed by atoms with E-state index in [0.29, 0.717) is 16.8 Å². The van der Waals surface area contributed by atoms with Gasteiger partial charge in [0.2, 0.25) is 0 Å². The van der Waals surface area contributed by atoms with Crippen LogP contribution in [0.5, 0.6) is 0 Å². The lowest BCUT2D eigenvalue weighted by Gasteiger charge is -2.12. The molecular weight excluding hydrogens is 355 g/mol. The van der Waals surface area contributed by atoms with E-state index in [1.165, 1.54) is 12.1 Å². The van der Waals surface area contributed by atoms with Crippen molar-refractivity contribution in [2.45, 2.75) is 6.92 Å². The Hall–Kier alpha value is -1.79. The third kappa shape index (κ3) is 3.65. The van der Waals surface area contributed by atoms with Gasteiger partial charge in [0.1, 0.15) is 10.8 Å². The Kier molecular flexibility index (Phi) is 4.69. The van der Waals surface area contributed by atoms with Crippen LogP contribution in [0.25, 0.3) is 0 Å². The Morgan fingerprint density at radius 2 is 1.95 bits per heavy atom. The predicted octanol–water partition coefficient (Wildman–Crippen LogP) is 3.78. The van der Waals surface area contributed by atoms with Gasteiger partial charge < -0.3 is 11.1 Å². The molecule has 21 heavy (non-hydrogen) atoms. The highest BCUT2D eigenvalue weighted by Crippen LogP contribution is 2.22. The number of hydrogen-bond acceptors (Lipinski definition) is 2. The van der Waals surface area contributed by atoms with Crippen molar-refractivity contribution in [1.82, 2.24) is 0 Å². The molecular formula is C15H12BrFN2OS. The van der Waals surface area contributed by atoms with Crippen LogP contribution in [0.3, 0.4) is 0 Å². The molecule has 108 valence electrons. The van der Waals surface area contributed by atoms with Crippen LogP contribution < -0.4 is 11.1 Å². The standard InChI is InChI=1S/C15H12BrFN2OS/c1-8-2-4-10(17)7-11(8)15(20)19-13-5-3-9(16)6-12(13)14(18)21/h2-7H,1H3,(H2,18,21)(H,19,20). The number of thiocarbonyl (C=S) groups is 1. The normalized spacial score (nSPS) is 10.2. The third-order valence-corrected chi connectivity index (χ3v) is 3.65. The van der Waals surface area contributed by atoms with E-state index in [4.69, 9.17) is 18.0 Å². The van der Waals surface area contributed by atoms with Gasteiger partial charge in [0.15, 0.2) is 0 Å². The number of halogens is 2. The average molecular weight is 367 g/mol. The molecule has 0 bridgehead atoms. The highest BCUT2D eigenvalue weighted by Gasteiger charge is 2.13. The lowest BCUT2D eigenvalue weighted by Crippen LogP contribution is -2.18. The molecule has 0 heterocycles. The first kappa shape index (κ1) is 15.6. The number of hydrogen-bond donors (Lipinski definition) is 2. The lowest BCUT2D eigenvalue weighted by molar-refractivity contribution is 0.102. The summed E-state index contributed by atoms with van der Waals surface area (Å²) in [4.78, 5) is 12.4. The fourth-order valence-corrected chi connectivity index (χ4v) is 2.39. The van der Waals surface area contributed by atoms with Gasteiger partial charge in [0, 0.05) is 15.6 Å². The minimum Gasteiger partial charge on any atom is -0.389 e. The van der Waals surface area contributed by atoms with Gasteiger partial charge in [-0.05, 0) is 42.8 Å². The average Bonchev–Trinajstić information content (AvgIpc) is 2.43. The van der Waals surface area contributed by atoms with E-state index in [-0.39, 0.29) is 10.6 Å². The number of rotatable bonds is 3. The Labute approximate surface area is 135 Å². The molecule has 0 aliphatic rings. The SMILES string of the molecule is Cc1ccc(F)cc1C(=O)Nc1ccc(Br)cc1C(N)=S. The minimum absolute atomic E-state index is 0.169. The topological polar surface area (TPSA) is 55.1 Å². The summed E-state index contributed by atoms with van der Waals surface area (Å²) in [7, 11) is 0. The maximum atomic E-state index is 13.3. The van der Waals surface area contributed by atoms with Crippen LogP contribution in [0.1, 0.15) is 21.5 Å². The molecule has 0 spiro atoms. The summed E-state index contributed by atoms with van der Waals surface area (Å²) in [5, 5.41) is 2.71. The van der Waals surface area contributed by atoms with Crippen molar-refractivity contribution in [3.63, 3.8) is 0 Å². The second kappa shape index (κ2) is 6.32. The molecule has 0 aliphatic carbocycles. The molecule has 0 saturated heterocycles. The monoisotopic (exact) mass is 366 g/mol. The van der Waals surface area contributed by atoms with E-state index in [0.717, 1.165) is 4.47 Å². The predicted molar refractivity (Wildman–Crippen MR) is 89.1 cm³/mol.